The second kappa shape index (κ2) is 26.3. The van der Waals surface area contributed by atoms with Gasteiger partial charge in [0.1, 0.15) is 25.3 Å². The third-order valence-corrected chi connectivity index (χ3v) is 8.65. The maximum Gasteiger partial charge on any atom is 0.312 e. The van der Waals surface area contributed by atoms with Gasteiger partial charge in [0.05, 0.1) is 25.4 Å². The van der Waals surface area contributed by atoms with Gasteiger partial charge in [0, 0.05) is 56.8 Å². The van der Waals surface area contributed by atoms with Crippen molar-refractivity contribution >= 4 is 51.1 Å². The van der Waals surface area contributed by atoms with E-state index in [0.29, 0.717) is 36.1 Å². The van der Waals surface area contributed by atoms with Gasteiger partial charge in [-0.15, -0.1) is 0 Å². The van der Waals surface area contributed by atoms with Crippen molar-refractivity contribution in [2.75, 3.05) is 57.6 Å². The molecule has 0 aliphatic heterocycles. The number of nitrogens with two attached hydrogens (primary N) is 1. The summed E-state index contributed by atoms with van der Waals surface area (Å²) in [5.74, 6) is 2.80. The van der Waals surface area contributed by atoms with Gasteiger partial charge in [-0.3, -0.25) is 24.0 Å². The van der Waals surface area contributed by atoms with Crippen molar-refractivity contribution in [1.82, 2.24) is 36.6 Å². The number of hydrogen-bond donors (Lipinski definition) is 8. The van der Waals surface area contributed by atoms with E-state index in [-0.39, 0.29) is 63.4 Å². The number of aliphatic hydroxyl groups excluding tert-OH is 1. The monoisotopic (exact) mass is 831 g/mol. The molecule has 0 fully saturated rings. The maximum atomic E-state index is 13.3. The first-order valence-corrected chi connectivity index (χ1v) is 20.3. The number of ether oxygens (including phenoxy) is 2. The highest BCUT2D eigenvalue weighted by molar-refractivity contribution is 7.90. The molecule has 0 bridgehead atoms. The van der Waals surface area contributed by atoms with E-state index in [1.54, 1.807) is 38.1 Å². The number of urea groups is 1. The summed E-state index contributed by atoms with van der Waals surface area (Å²) in [5.41, 5.74) is 6.66. The van der Waals surface area contributed by atoms with Crippen LogP contribution < -0.4 is 37.6 Å². The lowest BCUT2D eigenvalue weighted by Gasteiger charge is -2.25. The molecule has 2 atom stereocenters. The number of aromatic nitrogens is 2. The molecule has 9 N–H and O–H groups in total. The number of benzene rings is 1. The smallest absolute Gasteiger partial charge is 0.312 e. The topological polar surface area (TPSA) is 299 Å². The van der Waals surface area contributed by atoms with Crippen LogP contribution >= 0.6 is 0 Å². The van der Waals surface area contributed by atoms with Crippen LogP contribution in [0.5, 0.6) is 0 Å². The van der Waals surface area contributed by atoms with Crippen LogP contribution in [0.2, 0.25) is 0 Å². The first-order chi connectivity index (χ1) is 27.6. The summed E-state index contributed by atoms with van der Waals surface area (Å²) in [7, 11) is -3.49. The Balaban J connectivity index is 1.65. The molecule has 1 heterocycles. The summed E-state index contributed by atoms with van der Waals surface area (Å²) in [4.78, 5) is 81.8. The van der Waals surface area contributed by atoms with Crippen LogP contribution in [-0.2, 0) is 49.9 Å². The first kappa shape index (κ1) is 48.5. The van der Waals surface area contributed by atoms with Crippen molar-refractivity contribution in [3.05, 3.63) is 47.8 Å². The van der Waals surface area contributed by atoms with Gasteiger partial charge in [-0.2, -0.15) is 0 Å². The standard InChI is InChI=1S/C37H53N9O11S/c1-25(2)33(35(52)45-29(9-7-15-41-36(38)53)34(51)44-28-13-11-26(22-47)12-14-28)46-32(50)24-57-23-31(49)40-17-19-56-18-16-39-30(48)10-6-4-5-8-27-20-42-37(43-21-27)58(3,54)55/h11-14,20-21,25,29,33,47H,4,6-7,9-10,15-19,22-24H2,1-3H3,(H,39,48)(H,40,49)(H,44,51)(H,45,52)(H,46,50)(H3,38,41,53)/t29-,33-/m0/s1. The quantitative estimate of drug-likeness (QED) is 0.0334. The van der Waals surface area contributed by atoms with Crippen LogP contribution in [-0.4, -0.2) is 123 Å². The van der Waals surface area contributed by atoms with Crippen molar-refractivity contribution in [3.63, 3.8) is 0 Å². The van der Waals surface area contributed by atoms with Gasteiger partial charge in [0.2, 0.25) is 44.5 Å². The van der Waals surface area contributed by atoms with E-state index in [9.17, 15) is 42.3 Å². The first-order valence-electron chi connectivity index (χ1n) is 18.4. The summed E-state index contributed by atoms with van der Waals surface area (Å²) < 4.78 is 33.4. The van der Waals surface area contributed by atoms with Crippen molar-refractivity contribution in [2.45, 2.75) is 69.8 Å². The fourth-order valence-electron chi connectivity index (χ4n) is 4.80. The Morgan fingerprint density at radius 2 is 1.47 bits per heavy atom. The molecule has 2 rings (SSSR count). The molecule has 7 amide bonds. The number of carbonyl (C=O) groups excluding carboxylic acids is 6. The highest BCUT2D eigenvalue weighted by atomic mass is 32.2. The molecule has 1 aromatic carbocycles. The Morgan fingerprint density at radius 3 is 2.07 bits per heavy atom. The molecule has 1 aromatic heterocycles. The summed E-state index contributed by atoms with van der Waals surface area (Å²) in [6.45, 7) is 3.24. The molecule has 0 saturated heterocycles. The summed E-state index contributed by atoms with van der Waals surface area (Å²) in [5, 5.41) is 24.7. The summed E-state index contributed by atoms with van der Waals surface area (Å²) >= 11 is 0. The number of amides is 7. The fourth-order valence-corrected chi connectivity index (χ4v) is 5.29. The Bertz CT molecular complexity index is 1830. The second-order valence-electron chi connectivity index (χ2n) is 13.1. The molecule has 0 saturated carbocycles. The van der Waals surface area contributed by atoms with E-state index in [4.69, 9.17) is 15.2 Å². The van der Waals surface area contributed by atoms with E-state index < -0.39 is 70.7 Å². The molecule has 0 unspecified atom stereocenters. The van der Waals surface area contributed by atoms with Gasteiger partial charge in [-0.05, 0) is 42.9 Å². The van der Waals surface area contributed by atoms with E-state index in [1.807, 2.05) is 0 Å². The number of anilines is 1. The molecule has 318 valence electrons. The minimum absolute atomic E-state index is 0.136. The largest absolute Gasteiger partial charge is 0.392 e. The van der Waals surface area contributed by atoms with Gasteiger partial charge in [-0.1, -0.05) is 37.8 Å². The minimum atomic E-state index is -3.49. The van der Waals surface area contributed by atoms with Gasteiger partial charge >= 0.3 is 6.03 Å². The zero-order valence-electron chi connectivity index (χ0n) is 32.8. The van der Waals surface area contributed by atoms with Gasteiger partial charge in [0.15, 0.2) is 0 Å². The van der Waals surface area contributed by atoms with Crippen LogP contribution in [0.1, 0.15) is 57.1 Å². The Morgan fingerprint density at radius 1 is 0.828 bits per heavy atom. The number of aliphatic hydroxyl groups is 1. The van der Waals surface area contributed by atoms with Crippen molar-refractivity contribution in [2.24, 2.45) is 11.7 Å². The van der Waals surface area contributed by atoms with Gasteiger partial charge in [0.25, 0.3) is 0 Å². The van der Waals surface area contributed by atoms with Crippen LogP contribution in [0.4, 0.5) is 10.5 Å². The Kier molecular flexibility index (Phi) is 21.9. The molecule has 58 heavy (non-hydrogen) atoms. The predicted molar refractivity (Wildman–Crippen MR) is 210 cm³/mol. The van der Waals surface area contributed by atoms with E-state index in [2.05, 4.69) is 53.7 Å². The van der Waals surface area contributed by atoms with Crippen LogP contribution in [0.25, 0.3) is 0 Å². The lowest BCUT2D eigenvalue weighted by Crippen LogP contribution is -2.55. The highest BCUT2D eigenvalue weighted by Crippen LogP contribution is 2.12. The summed E-state index contributed by atoms with van der Waals surface area (Å²) in [6, 6.07) is 3.65. The Hall–Kier alpha value is -5.69. The predicted octanol–water partition coefficient (Wildman–Crippen LogP) is -1.13. The number of primary amides is 1. The van der Waals surface area contributed by atoms with Crippen LogP contribution in [0, 0.1) is 17.8 Å². The van der Waals surface area contributed by atoms with Crippen molar-refractivity contribution in [1.29, 1.82) is 0 Å². The normalized spacial score (nSPS) is 11.9. The molecule has 0 aliphatic carbocycles. The molecular formula is C37H53N9O11S. The third-order valence-electron chi connectivity index (χ3n) is 7.77. The number of carbonyl (C=O) groups is 6. The zero-order valence-corrected chi connectivity index (χ0v) is 33.6. The van der Waals surface area contributed by atoms with Crippen molar-refractivity contribution in [3.8, 4) is 11.8 Å². The second-order valence-corrected chi connectivity index (χ2v) is 15.0. The lowest BCUT2D eigenvalue weighted by molar-refractivity contribution is -0.135. The molecule has 0 aliphatic rings. The molecular weight excluding hydrogens is 779 g/mol. The van der Waals surface area contributed by atoms with E-state index >= 15 is 0 Å². The lowest BCUT2D eigenvalue weighted by atomic mass is 10.0. The molecule has 0 spiro atoms. The van der Waals surface area contributed by atoms with Gasteiger partial charge < -0.3 is 52.2 Å². The fraction of sp³-hybridized carbons (Fsp3) is 0.514. The van der Waals surface area contributed by atoms with E-state index in [0.717, 1.165) is 6.26 Å². The molecule has 0 radical (unpaired) electrons. The average Bonchev–Trinajstić information content (AvgIpc) is 3.17. The Labute approximate surface area is 337 Å². The summed E-state index contributed by atoms with van der Waals surface area (Å²) in [6.07, 6.45) is 5.30. The van der Waals surface area contributed by atoms with Crippen molar-refractivity contribution < 1.29 is 51.8 Å². The third kappa shape index (κ3) is 20.5. The van der Waals surface area contributed by atoms with Gasteiger partial charge in [-0.25, -0.2) is 23.2 Å². The molecule has 21 heteroatoms. The number of rotatable bonds is 25. The average molecular weight is 832 g/mol. The zero-order chi connectivity index (χ0) is 42.9. The number of hydrogen-bond acceptors (Lipinski definition) is 13. The SMILES string of the molecule is CC(C)[C@H](NC(=O)COCC(=O)NCCOCCNC(=O)CCCC#Cc1cnc(S(C)(=O)=O)nc1)C(=O)N[C@@H](CCCNC(N)=O)C(=O)Nc1ccc(CO)cc1. The maximum absolute atomic E-state index is 13.3. The molecule has 20 nitrogen and oxygen atoms in total. The van der Waals surface area contributed by atoms with E-state index in [1.165, 1.54) is 12.4 Å². The van der Waals surface area contributed by atoms with Crippen LogP contribution in [0.3, 0.4) is 0 Å². The number of nitrogens with one attached hydrogen (secondary N) is 6. The highest BCUT2D eigenvalue weighted by Gasteiger charge is 2.29. The minimum Gasteiger partial charge on any atom is -0.392 e. The number of unbranched alkanes of at least 4 members (excludes halogenated alkanes) is 1. The number of sulfone groups is 1. The number of nitrogens with zero attached hydrogens (tertiary/aromatic N) is 2. The van der Waals surface area contributed by atoms with Crippen LogP contribution in [0.15, 0.2) is 41.8 Å². The molecule has 2 aromatic rings.